The molecule has 0 radical (unpaired) electrons. The monoisotopic (exact) mass is 348 g/mol. The lowest BCUT2D eigenvalue weighted by Gasteiger charge is -2.53. The second kappa shape index (κ2) is 6.25. The zero-order chi connectivity index (χ0) is 17.5. The average molecular weight is 348 g/mol. The van der Waals surface area contributed by atoms with Gasteiger partial charge in [0.2, 0.25) is 0 Å². The Kier molecular flexibility index (Phi) is 5.04. The summed E-state index contributed by atoms with van der Waals surface area (Å²) in [5, 5.41) is 0. The summed E-state index contributed by atoms with van der Waals surface area (Å²) in [6.07, 6.45) is -3.24. The Labute approximate surface area is 129 Å². The fraction of sp³-hybridized carbons (Fsp3) is 0.857. The van der Waals surface area contributed by atoms with Crippen molar-refractivity contribution in [2.75, 3.05) is 13.9 Å². The fourth-order valence-corrected chi connectivity index (χ4v) is 4.05. The van der Waals surface area contributed by atoms with Gasteiger partial charge < -0.3 is 4.74 Å². The molecule has 5 atom stereocenters. The largest absolute Gasteiger partial charge is 0.524 e. The van der Waals surface area contributed by atoms with Crippen LogP contribution in [0.15, 0.2) is 12.2 Å². The number of hydrogen-bond acceptors (Lipinski definition) is 3. The van der Waals surface area contributed by atoms with Gasteiger partial charge in [-0.05, 0) is 43.4 Å². The highest BCUT2D eigenvalue weighted by molar-refractivity contribution is 5.22. The normalized spacial score (nSPS) is 37.9. The summed E-state index contributed by atoms with van der Waals surface area (Å²) in [7, 11) is 1.12. The molecule has 23 heavy (non-hydrogen) atoms. The number of hydrogen-bond donors (Lipinski definition) is 0. The van der Waals surface area contributed by atoms with Crippen LogP contribution in [0, 0.1) is 23.7 Å². The number of alkyl halides is 6. The highest BCUT2D eigenvalue weighted by Crippen LogP contribution is 2.64. The summed E-state index contributed by atoms with van der Waals surface area (Å²) < 4.78 is 80.9. The summed E-state index contributed by atoms with van der Waals surface area (Å²) in [5.41, 5.74) is -0.965. The molecule has 134 valence electrons. The lowest BCUT2D eigenvalue weighted by Crippen LogP contribution is -2.57. The van der Waals surface area contributed by atoms with Crippen LogP contribution in [0.3, 0.4) is 0 Å². The Balaban J connectivity index is 0.000000207. The van der Waals surface area contributed by atoms with Gasteiger partial charge in [0.25, 0.3) is 0 Å². The number of methoxy groups -OCH3 is 1. The number of allylic oxidation sites excluding steroid dienone is 2. The van der Waals surface area contributed by atoms with Crippen molar-refractivity contribution >= 4 is 0 Å². The molecule has 9 heteroatoms. The smallest absolute Gasteiger partial charge is 0.358 e. The second-order valence-corrected chi connectivity index (χ2v) is 6.20. The molecule has 0 aromatic carbocycles. The minimum atomic E-state index is -4.57. The maximum atomic E-state index is 12.2. The van der Waals surface area contributed by atoms with Crippen LogP contribution in [-0.4, -0.2) is 32.2 Å². The average Bonchev–Trinajstić information content (AvgIpc) is 2.91. The third-order valence-corrected chi connectivity index (χ3v) is 4.66. The van der Waals surface area contributed by atoms with E-state index >= 15 is 0 Å². The number of ether oxygens (including phenoxy) is 3. The maximum Gasteiger partial charge on any atom is 0.524 e. The van der Waals surface area contributed by atoms with Crippen LogP contribution < -0.4 is 0 Å². The standard InChI is InChI=1S/C11H13F3O.C3H5F3O2/c1-10(15-11(12,13)14)5-8-6-2-3-7(4-6)9(8)10;1-7-2-8-3(4,5)6/h2-3,6-9H,4-5H2,1H3;2H2,1H3. The highest BCUT2D eigenvalue weighted by atomic mass is 19.4. The Morgan fingerprint density at radius 3 is 2.09 bits per heavy atom. The van der Waals surface area contributed by atoms with Gasteiger partial charge in [-0.2, -0.15) is 0 Å². The Bertz CT molecular complexity index is 447. The molecule has 3 aliphatic carbocycles. The van der Waals surface area contributed by atoms with E-state index in [0.29, 0.717) is 24.2 Å². The summed E-state index contributed by atoms with van der Waals surface area (Å²) in [6, 6.07) is 0. The van der Waals surface area contributed by atoms with Gasteiger partial charge >= 0.3 is 12.7 Å². The molecule has 0 spiro atoms. The zero-order valence-electron chi connectivity index (χ0n) is 12.6. The molecule has 3 nitrogen and oxygen atoms in total. The molecule has 3 rings (SSSR count). The lowest BCUT2D eigenvalue weighted by molar-refractivity contribution is -0.393. The first-order valence-corrected chi connectivity index (χ1v) is 7.10. The predicted molar refractivity (Wildman–Crippen MR) is 66.9 cm³/mol. The Morgan fingerprint density at radius 1 is 1.04 bits per heavy atom. The first kappa shape index (κ1) is 18.5. The van der Waals surface area contributed by atoms with Crippen LogP contribution in [-0.2, 0) is 14.2 Å². The van der Waals surface area contributed by atoms with E-state index in [-0.39, 0.29) is 5.92 Å². The van der Waals surface area contributed by atoms with E-state index in [9.17, 15) is 26.3 Å². The Morgan fingerprint density at radius 2 is 1.65 bits per heavy atom. The van der Waals surface area contributed by atoms with Crippen LogP contribution in [0.1, 0.15) is 19.8 Å². The SMILES string of the molecule is CC1(OC(F)(F)F)CC2C3C=CC(C3)C21.COCOC(F)(F)F. The van der Waals surface area contributed by atoms with Gasteiger partial charge in [-0.25, -0.2) is 0 Å². The van der Waals surface area contributed by atoms with Crippen molar-refractivity contribution in [1.82, 2.24) is 0 Å². The van der Waals surface area contributed by atoms with Gasteiger partial charge in [-0.15, -0.1) is 26.3 Å². The van der Waals surface area contributed by atoms with E-state index in [4.69, 9.17) is 0 Å². The molecular formula is C14H18F6O3. The van der Waals surface area contributed by atoms with E-state index in [1.807, 2.05) is 0 Å². The molecule has 3 aliphatic rings. The van der Waals surface area contributed by atoms with Crippen molar-refractivity contribution in [3.05, 3.63) is 12.2 Å². The minimum absolute atomic E-state index is 0.0918. The molecular weight excluding hydrogens is 330 g/mol. The van der Waals surface area contributed by atoms with Crippen molar-refractivity contribution in [2.24, 2.45) is 23.7 Å². The molecule has 0 aromatic rings. The lowest BCUT2D eigenvalue weighted by atomic mass is 9.58. The third-order valence-electron chi connectivity index (χ3n) is 4.66. The van der Waals surface area contributed by atoms with Crippen molar-refractivity contribution in [3.8, 4) is 0 Å². The molecule has 2 bridgehead atoms. The molecule has 5 unspecified atom stereocenters. The summed E-state index contributed by atoms with van der Waals surface area (Å²) in [5.74, 6) is 1.37. The first-order valence-electron chi connectivity index (χ1n) is 7.10. The fourth-order valence-electron chi connectivity index (χ4n) is 4.05. The maximum absolute atomic E-state index is 12.2. The Hall–Kier alpha value is -0.800. The molecule has 2 fully saturated rings. The molecule has 0 saturated heterocycles. The summed E-state index contributed by atoms with van der Waals surface area (Å²) in [4.78, 5) is 0. The van der Waals surface area contributed by atoms with Gasteiger partial charge in [0, 0.05) is 7.11 Å². The number of halogens is 6. The summed E-state index contributed by atoms with van der Waals surface area (Å²) in [6.45, 7) is 0.861. The van der Waals surface area contributed by atoms with Crippen molar-refractivity contribution in [3.63, 3.8) is 0 Å². The van der Waals surface area contributed by atoms with E-state index in [2.05, 4.69) is 26.4 Å². The van der Waals surface area contributed by atoms with E-state index in [1.54, 1.807) is 6.92 Å². The van der Waals surface area contributed by atoms with Crippen LogP contribution >= 0.6 is 0 Å². The van der Waals surface area contributed by atoms with E-state index in [0.717, 1.165) is 13.5 Å². The van der Waals surface area contributed by atoms with Crippen molar-refractivity contribution < 1.29 is 40.6 Å². The van der Waals surface area contributed by atoms with Gasteiger partial charge in [0.05, 0.1) is 5.60 Å². The van der Waals surface area contributed by atoms with Crippen molar-refractivity contribution in [1.29, 1.82) is 0 Å². The topological polar surface area (TPSA) is 27.7 Å². The molecule has 0 aromatic heterocycles. The van der Waals surface area contributed by atoms with E-state index in [1.165, 1.54) is 0 Å². The number of rotatable bonds is 3. The van der Waals surface area contributed by atoms with Crippen LogP contribution in [0.25, 0.3) is 0 Å². The molecule has 0 N–H and O–H groups in total. The molecule has 0 heterocycles. The minimum Gasteiger partial charge on any atom is -0.358 e. The van der Waals surface area contributed by atoms with Gasteiger partial charge in [-0.3, -0.25) is 9.47 Å². The van der Waals surface area contributed by atoms with Crippen LogP contribution in [0.5, 0.6) is 0 Å². The van der Waals surface area contributed by atoms with Gasteiger partial charge in [-0.1, -0.05) is 12.2 Å². The zero-order valence-corrected chi connectivity index (χ0v) is 12.6. The van der Waals surface area contributed by atoms with Crippen LogP contribution in [0.4, 0.5) is 26.3 Å². The predicted octanol–water partition coefficient (Wildman–Crippen LogP) is 4.25. The third kappa shape index (κ3) is 4.39. The van der Waals surface area contributed by atoms with Gasteiger partial charge in [0.1, 0.15) is 0 Å². The van der Waals surface area contributed by atoms with Gasteiger partial charge in [0.15, 0.2) is 6.79 Å². The van der Waals surface area contributed by atoms with E-state index < -0.39 is 25.1 Å². The first-order chi connectivity index (χ1) is 10.5. The van der Waals surface area contributed by atoms with Crippen molar-refractivity contribution in [2.45, 2.75) is 38.1 Å². The molecule has 0 amide bonds. The quantitative estimate of drug-likeness (QED) is 0.434. The highest BCUT2D eigenvalue weighted by Gasteiger charge is 2.64. The summed E-state index contributed by atoms with van der Waals surface area (Å²) >= 11 is 0. The number of fused-ring (bicyclic) bond motifs is 5. The molecule has 0 aliphatic heterocycles. The molecule has 2 saturated carbocycles. The van der Waals surface area contributed by atoms with Crippen LogP contribution in [0.2, 0.25) is 0 Å². The second-order valence-electron chi connectivity index (χ2n) is 6.20.